The van der Waals surface area contributed by atoms with Crippen LogP contribution in [0.25, 0.3) is 0 Å². The first kappa shape index (κ1) is 11.9. The van der Waals surface area contributed by atoms with E-state index in [4.69, 9.17) is 0 Å². The van der Waals surface area contributed by atoms with Crippen molar-refractivity contribution in [1.82, 2.24) is 10.6 Å². The van der Waals surface area contributed by atoms with Crippen molar-refractivity contribution in [3.05, 3.63) is 29.8 Å². The van der Waals surface area contributed by atoms with Crippen LogP contribution in [0.2, 0.25) is 0 Å². The number of hydrogen-bond donors (Lipinski definition) is 2. The van der Waals surface area contributed by atoms with Crippen molar-refractivity contribution in [2.24, 2.45) is 0 Å². The molecule has 2 rings (SSSR count). The lowest BCUT2D eigenvalue weighted by Gasteiger charge is -2.34. The van der Waals surface area contributed by atoms with E-state index in [1.54, 1.807) is 0 Å². The van der Waals surface area contributed by atoms with Gasteiger partial charge in [-0.25, -0.2) is 4.79 Å². The maximum Gasteiger partial charge on any atom is 0.321 e. The molecular weight excluding hydrogens is 214 g/mol. The maximum absolute atomic E-state index is 12.0. The smallest absolute Gasteiger partial charge is 0.321 e. The minimum atomic E-state index is -0.00509. The molecule has 1 aromatic carbocycles. The molecule has 4 nitrogen and oxygen atoms in total. The summed E-state index contributed by atoms with van der Waals surface area (Å²) in [6, 6.07) is 8.43. The Kier molecular flexibility index (Phi) is 3.64. The van der Waals surface area contributed by atoms with Crippen LogP contribution in [-0.2, 0) is 0 Å². The van der Waals surface area contributed by atoms with E-state index in [0.717, 1.165) is 18.7 Å². The zero-order valence-corrected chi connectivity index (χ0v) is 10.4. The minimum Gasteiger partial charge on any atom is -0.338 e. The van der Waals surface area contributed by atoms with Crippen molar-refractivity contribution in [3.8, 4) is 0 Å². The van der Waals surface area contributed by atoms with Gasteiger partial charge >= 0.3 is 6.03 Å². The predicted molar refractivity (Wildman–Crippen MR) is 69.3 cm³/mol. The van der Waals surface area contributed by atoms with Gasteiger partial charge in [-0.15, -0.1) is 0 Å². The Labute approximate surface area is 102 Å². The molecule has 1 heterocycles. The lowest BCUT2D eigenvalue weighted by molar-refractivity contribution is 0.245. The van der Waals surface area contributed by atoms with Gasteiger partial charge in [0.05, 0.1) is 5.69 Å². The first-order valence-electron chi connectivity index (χ1n) is 6.09. The molecule has 2 N–H and O–H groups in total. The second-order valence-electron chi connectivity index (χ2n) is 4.18. The highest BCUT2D eigenvalue weighted by Crippen LogP contribution is 2.33. The minimum absolute atomic E-state index is 0.00509. The van der Waals surface area contributed by atoms with Crippen LogP contribution >= 0.6 is 0 Å². The van der Waals surface area contributed by atoms with Crippen molar-refractivity contribution < 1.29 is 4.79 Å². The van der Waals surface area contributed by atoms with Gasteiger partial charge in [0.2, 0.25) is 0 Å². The molecule has 0 radical (unpaired) electrons. The van der Waals surface area contributed by atoms with Gasteiger partial charge in [-0.05, 0) is 32.0 Å². The normalized spacial score (nSPS) is 18.7. The number of rotatable bonds is 2. The number of nitrogens with one attached hydrogen (secondary N) is 2. The van der Waals surface area contributed by atoms with E-state index >= 15 is 0 Å². The third kappa shape index (κ3) is 2.26. The first-order valence-corrected chi connectivity index (χ1v) is 6.09. The van der Waals surface area contributed by atoms with E-state index in [2.05, 4.69) is 16.7 Å². The van der Waals surface area contributed by atoms with Crippen LogP contribution in [0.15, 0.2) is 24.3 Å². The molecule has 0 saturated heterocycles. The molecule has 0 fully saturated rings. The predicted octanol–water partition coefficient (Wildman–Crippen LogP) is 1.89. The quantitative estimate of drug-likeness (QED) is 0.819. The molecule has 1 aliphatic heterocycles. The zero-order valence-electron chi connectivity index (χ0n) is 10.4. The van der Waals surface area contributed by atoms with Crippen LogP contribution in [0.5, 0.6) is 0 Å². The molecule has 0 aliphatic carbocycles. The van der Waals surface area contributed by atoms with E-state index < -0.39 is 0 Å². The van der Waals surface area contributed by atoms with Gasteiger partial charge in [-0.2, -0.15) is 0 Å². The summed E-state index contributed by atoms with van der Waals surface area (Å²) in [7, 11) is 1.96. The summed E-state index contributed by atoms with van der Waals surface area (Å²) in [6.07, 6.45) is 0.949. The first-order chi connectivity index (χ1) is 8.27. The topological polar surface area (TPSA) is 44.4 Å². The number of benzene rings is 1. The number of amides is 2. The van der Waals surface area contributed by atoms with Crippen LogP contribution in [0.3, 0.4) is 0 Å². The summed E-state index contributed by atoms with van der Waals surface area (Å²) in [4.78, 5) is 13.8. The average Bonchev–Trinajstić information content (AvgIpc) is 2.37. The van der Waals surface area contributed by atoms with E-state index in [1.807, 2.05) is 37.1 Å². The number of carbonyl (C=O) groups is 1. The largest absolute Gasteiger partial charge is 0.338 e. The maximum atomic E-state index is 12.0. The van der Waals surface area contributed by atoms with Crippen LogP contribution in [-0.4, -0.2) is 26.2 Å². The molecule has 1 aliphatic rings. The van der Waals surface area contributed by atoms with Gasteiger partial charge in [0.15, 0.2) is 0 Å². The fraction of sp³-hybridized carbons (Fsp3) is 0.462. The second-order valence-corrected chi connectivity index (χ2v) is 4.18. The molecule has 1 atom stereocenters. The number of carbonyl (C=O) groups excluding carboxylic acids is 1. The van der Waals surface area contributed by atoms with E-state index in [1.165, 1.54) is 5.56 Å². The molecule has 0 spiro atoms. The Morgan fingerprint density at radius 1 is 1.47 bits per heavy atom. The number of nitrogens with zero attached hydrogens (tertiary/aromatic N) is 1. The van der Waals surface area contributed by atoms with Crippen molar-refractivity contribution in [1.29, 1.82) is 0 Å². The highest BCUT2D eigenvalue weighted by atomic mass is 16.2. The van der Waals surface area contributed by atoms with E-state index in [9.17, 15) is 4.79 Å². The lowest BCUT2D eigenvalue weighted by Crippen LogP contribution is -2.44. The third-order valence-corrected chi connectivity index (χ3v) is 3.17. The van der Waals surface area contributed by atoms with E-state index in [-0.39, 0.29) is 6.03 Å². The molecule has 0 saturated carbocycles. The zero-order chi connectivity index (χ0) is 12.3. The Hall–Kier alpha value is -1.55. The number of fused-ring (bicyclic) bond motifs is 1. The highest BCUT2D eigenvalue weighted by molar-refractivity contribution is 5.93. The summed E-state index contributed by atoms with van der Waals surface area (Å²) in [5.41, 5.74) is 2.22. The number of para-hydroxylation sites is 1. The standard InChI is InChI=1S/C13H19N3O/c1-3-15-13(17)16-9-8-11(14-2)10-6-4-5-7-12(10)16/h4-7,11,14H,3,8-9H2,1-2H3,(H,15,17). The Bertz CT molecular complexity index is 405. The van der Waals surface area contributed by atoms with Gasteiger partial charge in [0, 0.05) is 19.1 Å². The molecular formula is C13H19N3O. The molecule has 1 unspecified atom stereocenters. The second kappa shape index (κ2) is 5.19. The van der Waals surface area contributed by atoms with Crippen LogP contribution in [0, 0.1) is 0 Å². The molecule has 4 heteroatoms. The molecule has 0 bridgehead atoms. The summed E-state index contributed by atoms with van der Waals surface area (Å²) >= 11 is 0. The molecule has 2 amide bonds. The molecule has 17 heavy (non-hydrogen) atoms. The molecule has 1 aromatic rings. The Balaban J connectivity index is 2.31. The molecule has 0 aromatic heterocycles. The van der Waals surface area contributed by atoms with Gasteiger partial charge < -0.3 is 10.6 Å². The molecule has 92 valence electrons. The highest BCUT2D eigenvalue weighted by Gasteiger charge is 2.26. The Morgan fingerprint density at radius 3 is 2.94 bits per heavy atom. The number of anilines is 1. The van der Waals surface area contributed by atoms with Crippen LogP contribution in [0.1, 0.15) is 24.9 Å². The van der Waals surface area contributed by atoms with Gasteiger partial charge in [-0.3, -0.25) is 4.90 Å². The van der Waals surface area contributed by atoms with Gasteiger partial charge in [-0.1, -0.05) is 18.2 Å². The van der Waals surface area contributed by atoms with Gasteiger partial charge in [0.25, 0.3) is 0 Å². The number of urea groups is 1. The summed E-state index contributed by atoms with van der Waals surface area (Å²) < 4.78 is 0. The monoisotopic (exact) mass is 233 g/mol. The van der Waals surface area contributed by atoms with Gasteiger partial charge in [0.1, 0.15) is 0 Å². The third-order valence-electron chi connectivity index (χ3n) is 3.17. The van der Waals surface area contributed by atoms with Crippen molar-refractivity contribution in [2.75, 3.05) is 25.0 Å². The van der Waals surface area contributed by atoms with E-state index in [0.29, 0.717) is 12.6 Å². The summed E-state index contributed by atoms with van der Waals surface area (Å²) in [5.74, 6) is 0. The SMILES string of the molecule is CCNC(=O)N1CCC(NC)c2ccccc21. The van der Waals surface area contributed by atoms with Crippen molar-refractivity contribution in [3.63, 3.8) is 0 Å². The summed E-state index contributed by atoms with van der Waals surface area (Å²) in [5, 5.41) is 6.15. The fourth-order valence-corrected chi connectivity index (χ4v) is 2.32. The van der Waals surface area contributed by atoms with Crippen molar-refractivity contribution in [2.45, 2.75) is 19.4 Å². The summed E-state index contributed by atoms with van der Waals surface area (Å²) in [6.45, 7) is 3.35. The van der Waals surface area contributed by atoms with Crippen LogP contribution in [0.4, 0.5) is 10.5 Å². The Morgan fingerprint density at radius 2 is 2.24 bits per heavy atom. The lowest BCUT2D eigenvalue weighted by atomic mass is 9.97. The van der Waals surface area contributed by atoms with Crippen molar-refractivity contribution >= 4 is 11.7 Å². The average molecular weight is 233 g/mol. The number of hydrogen-bond acceptors (Lipinski definition) is 2. The van der Waals surface area contributed by atoms with Crippen LogP contribution < -0.4 is 15.5 Å². The fourth-order valence-electron chi connectivity index (χ4n) is 2.32.